The van der Waals surface area contributed by atoms with Gasteiger partial charge in [-0.1, -0.05) is 6.92 Å². The molecule has 0 radical (unpaired) electrons. The van der Waals surface area contributed by atoms with E-state index < -0.39 is 5.60 Å². The van der Waals surface area contributed by atoms with Crippen molar-refractivity contribution in [2.75, 3.05) is 6.54 Å². The molecule has 1 aliphatic heterocycles. The first kappa shape index (κ1) is 11.5. The van der Waals surface area contributed by atoms with Crippen molar-refractivity contribution in [3.05, 3.63) is 0 Å². The van der Waals surface area contributed by atoms with Gasteiger partial charge >= 0.3 is 0 Å². The van der Waals surface area contributed by atoms with Crippen molar-refractivity contribution < 1.29 is 9.90 Å². The molecule has 1 saturated heterocycles. The lowest BCUT2D eigenvalue weighted by Gasteiger charge is -2.40. The molecule has 1 aliphatic rings. The average Bonchev–Trinajstić information content (AvgIpc) is 2.07. The van der Waals surface area contributed by atoms with Crippen LogP contribution >= 0.6 is 0 Å². The fraction of sp³-hybridized carbons (Fsp3) is 0.909. The predicted octanol–water partition coefficient (Wildman–Crippen LogP) is 1.40. The molecule has 2 atom stereocenters. The number of carbonyl (C=O) groups is 1. The number of amides is 1. The Morgan fingerprint density at radius 2 is 2.00 bits per heavy atom. The number of aliphatic hydroxyl groups is 1. The first-order chi connectivity index (χ1) is 6.34. The third-order valence-electron chi connectivity index (χ3n) is 3.16. The lowest BCUT2D eigenvalue weighted by atomic mass is 9.90. The summed E-state index contributed by atoms with van der Waals surface area (Å²) in [5.41, 5.74) is -1.23. The standard InChI is InChI=1S/C11H21NO2/c1-8-6-5-7-12(9(8)2)10(13)11(3,4)14/h8-9,14H,5-7H2,1-4H3. The molecule has 0 aliphatic carbocycles. The van der Waals surface area contributed by atoms with E-state index in [-0.39, 0.29) is 11.9 Å². The molecule has 14 heavy (non-hydrogen) atoms. The van der Waals surface area contributed by atoms with Gasteiger partial charge in [0.2, 0.25) is 0 Å². The van der Waals surface area contributed by atoms with Gasteiger partial charge in [-0.2, -0.15) is 0 Å². The molecule has 0 aromatic rings. The second kappa shape index (κ2) is 3.89. The third kappa shape index (κ3) is 2.27. The summed E-state index contributed by atoms with van der Waals surface area (Å²) >= 11 is 0. The minimum absolute atomic E-state index is 0.142. The van der Waals surface area contributed by atoms with Crippen molar-refractivity contribution in [1.82, 2.24) is 4.90 Å². The highest BCUT2D eigenvalue weighted by Crippen LogP contribution is 2.24. The Labute approximate surface area is 86.1 Å². The number of rotatable bonds is 1. The van der Waals surface area contributed by atoms with Crippen LogP contribution in [0.2, 0.25) is 0 Å². The van der Waals surface area contributed by atoms with Crippen LogP contribution in [-0.4, -0.2) is 34.1 Å². The SMILES string of the molecule is CC1CCCN(C(=O)C(C)(C)O)C1C. The van der Waals surface area contributed by atoms with E-state index in [2.05, 4.69) is 13.8 Å². The molecule has 82 valence electrons. The largest absolute Gasteiger partial charge is 0.381 e. The molecule has 2 unspecified atom stereocenters. The smallest absolute Gasteiger partial charge is 0.254 e. The number of piperidine rings is 1. The van der Waals surface area contributed by atoms with Crippen LogP contribution in [0.3, 0.4) is 0 Å². The van der Waals surface area contributed by atoms with Gasteiger partial charge in [0.1, 0.15) is 5.60 Å². The van der Waals surface area contributed by atoms with Crippen LogP contribution in [0.1, 0.15) is 40.5 Å². The summed E-state index contributed by atoms with van der Waals surface area (Å²) < 4.78 is 0. The highest BCUT2D eigenvalue weighted by molar-refractivity contribution is 5.84. The molecule has 0 saturated carbocycles. The monoisotopic (exact) mass is 199 g/mol. The van der Waals surface area contributed by atoms with Crippen molar-refractivity contribution in [1.29, 1.82) is 0 Å². The lowest BCUT2D eigenvalue weighted by molar-refractivity contribution is -0.152. The summed E-state index contributed by atoms with van der Waals surface area (Å²) in [5.74, 6) is 0.395. The molecule has 0 spiro atoms. The van der Waals surface area contributed by atoms with Crippen LogP contribution in [0.5, 0.6) is 0 Å². The fourth-order valence-electron chi connectivity index (χ4n) is 1.97. The van der Waals surface area contributed by atoms with Crippen LogP contribution in [0, 0.1) is 5.92 Å². The second-order valence-corrected chi connectivity index (χ2v) is 4.92. The second-order valence-electron chi connectivity index (χ2n) is 4.92. The number of hydrogen-bond donors (Lipinski definition) is 1. The predicted molar refractivity (Wildman–Crippen MR) is 55.9 cm³/mol. The van der Waals surface area contributed by atoms with Gasteiger partial charge in [-0.05, 0) is 39.5 Å². The molecule has 0 aromatic carbocycles. The molecular formula is C11H21NO2. The van der Waals surface area contributed by atoms with Crippen molar-refractivity contribution >= 4 is 5.91 Å². The van der Waals surface area contributed by atoms with E-state index in [0.717, 1.165) is 13.0 Å². The Morgan fingerprint density at radius 1 is 1.43 bits per heavy atom. The Morgan fingerprint density at radius 3 is 2.50 bits per heavy atom. The molecule has 0 aromatic heterocycles. The van der Waals surface area contributed by atoms with Gasteiger partial charge in [0.15, 0.2) is 0 Å². The van der Waals surface area contributed by atoms with Crippen LogP contribution in [0.15, 0.2) is 0 Å². The maximum Gasteiger partial charge on any atom is 0.254 e. The Kier molecular flexibility index (Phi) is 3.20. The summed E-state index contributed by atoms with van der Waals surface area (Å²) in [6, 6.07) is 0.252. The maximum atomic E-state index is 11.9. The highest BCUT2D eigenvalue weighted by Gasteiger charge is 2.35. The summed E-state index contributed by atoms with van der Waals surface area (Å²) in [6.45, 7) is 8.12. The molecule has 3 heteroatoms. The van der Waals surface area contributed by atoms with E-state index in [1.165, 1.54) is 6.42 Å². The minimum atomic E-state index is -1.23. The molecule has 3 nitrogen and oxygen atoms in total. The van der Waals surface area contributed by atoms with Gasteiger partial charge in [-0.25, -0.2) is 0 Å². The van der Waals surface area contributed by atoms with E-state index in [1.807, 2.05) is 4.90 Å². The highest BCUT2D eigenvalue weighted by atomic mass is 16.3. The maximum absolute atomic E-state index is 11.9. The third-order valence-corrected chi connectivity index (χ3v) is 3.16. The van der Waals surface area contributed by atoms with Crippen LogP contribution < -0.4 is 0 Å². The molecular weight excluding hydrogens is 178 g/mol. The Balaban J connectivity index is 2.72. The normalized spacial score (nSPS) is 29.1. The Bertz CT molecular complexity index is 220. The summed E-state index contributed by atoms with van der Waals surface area (Å²) in [6.07, 6.45) is 2.23. The van der Waals surface area contributed by atoms with Crippen molar-refractivity contribution in [2.24, 2.45) is 5.92 Å². The first-order valence-corrected chi connectivity index (χ1v) is 5.37. The Hall–Kier alpha value is -0.570. The summed E-state index contributed by atoms with van der Waals surface area (Å²) in [4.78, 5) is 13.7. The number of carbonyl (C=O) groups excluding carboxylic acids is 1. The first-order valence-electron chi connectivity index (χ1n) is 5.37. The summed E-state index contributed by atoms with van der Waals surface area (Å²) in [5, 5.41) is 9.65. The van der Waals surface area contributed by atoms with E-state index in [0.29, 0.717) is 5.92 Å². The van der Waals surface area contributed by atoms with Gasteiger partial charge in [-0.3, -0.25) is 4.79 Å². The van der Waals surface area contributed by atoms with E-state index in [4.69, 9.17) is 0 Å². The van der Waals surface area contributed by atoms with E-state index >= 15 is 0 Å². The quantitative estimate of drug-likeness (QED) is 0.693. The molecule has 1 rings (SSSR count). The fourth-order valence-corrected chi connectivity index (χ4v) is 1.97. The molecule has 0 bridgehead atoms. The van der Waals surface area contributed by atoms with E-state index in [1.54, 1.807) is 13.8 Å². The van der Waals surface area contributed by atoms with E-state index in [9.17, 15) is 9.90 Å². The molecule has 1 heterocycles. The van der Waals surface area contributed by atoms with Crippen molar-refractivity contribution in [3.8, 4) is 0 Å². The van der Waals surface area contributed by atoms with Gasteiger partial charge in [0.25, 0.3) is 5.91 Å². The van der Waals surface area contributed by atoms with Gasteiger partial charge in [0, 0.05) is 12.6 Å². The van der Waals surface area contributed by atoms with Crippen LogP contribution in [0.25, 0.3) is 0 Å². The summed E-state index contributed by atoms with van der Waals surface area (Å²) in [7, 11) is 0. The molecule has 1 amide bonds. The number of nitrogens with zero attached hydrogens (tertiary/aromatic N) is 1. The van der Waals surface area contributed by atoms with Crippen molar-refractivity contribution in [2.45, 2.75) is 52.2 Å². The van der Waals surface area contributed by atoms with Gasteiger partial charge in [-0.15, -0.1) is 0 Å². The minimum Gasteiger partial charge on any atom is -0.381 e. The molecule has 1 N–H and O–H groups in total. The van der Waals surface area contributed by atoms with Crippen LogP contribution in [-0.2, 0) is 4.79 Å². The van der Waals surface area contributed by atoms with Gasteiger partial charge < -0.3 is 10.0 Å². The zero-order chi connectivity index (χ0) is 10.9. The topological polar surface area (TPSA) is 40.5 Å². The lowest BCUT2D eigenvalue weighted by Crippen LogP contribution is -2.53. The number of hydrogen-bond acceptors (Lipinski definition) is 2. The van der Waals surface area contributed by atoms with Crippen molar-refractivity contribution in [3.63, 3.8) is 0 Å². The zero-order valence-electron chi connectivity index (χ0n) is 9.58. The van der Waals surface area contributed by atoms with Crippen LogP contribution in [0.4, 0.5) is 0 Å². The zero-order valence-corrected chi connectivity index (χ0v) is 9.58. The van der Waals surface area contributed by atoms with Gasteiger partial charge in [0.05, 0.1) is 0 Å². The molecule has 1 fully saturated rings. The average molecular weight is 199 g/mol. The number of likely N-dealkylation sites (tertiary alicyclic amines) is 1.